The highest BCUT2D eigenvalue weighted by Gasteiger charge is 2.42. The topological polar surface area (TPSA) is 0 Å². The Morgan fingerprint density at radius 3 is 1.57 bits per heavy atom. The van der Waals surface area contributed by atoms with Gasteiger partial charge in [-0.25, -0.2) is 0 Å². The summed E-state index contributed by atoms with van der Waals surface area (Å²) in [4.78, 5) is 2.74. The Morgan fingerprint density at radius 1 is 0.476 bits per heavy atom. The normalized spacial score (nSPS) is 13.3. The highest BCUT2D eigenvalue weighted by Crippen LogP contribution is 2.55. The first kappa shape index (κ1) is 30.8. The third kappa shape index (κ3) is 6.94. The van der Waals surface area contributed by atoms with Gasteiger partial charge in [-0.2, -0.15) is 0 Å². The molecular formula is C41H52S. The van der Waals surface area contributed by atoms with Crippen molar-refractivity contribution in [3.63, 3.8) is 0 Å². The van der Waals surface area contributed by atoms with E-state index in [2.05, 4.69) is 100 Å². The van der Waals surface area contributed by atoms with E-state index in [4.69, 9.17) is 0 Å². The van der Waals surface area contributed by atoms with Gasteiger partial charge < -0.3 is 0 Å². The average Bonchev–Trinajstić information content (AvgIpc) is 3.59. The molecule has 0 saturated heterocycles. The van der Waals surface area contributed by atoms with Crippen LogP contribution in [0.15, 0.2) is 72.8 Å². The molecule has 5 rings (SSSR count). The largest absolute Gasteiger partial charge is 0.135 e. The van der Waals surface area contributed by atoms with Gasteiger partial charge in [0, 0.05) is 15.2 Å². The van der Waals surface area contributed by atoms with E-state index in [0.717, 1.165) is 0 Å². The molecule has 4 aromatic rings. The van der Waals surface area contributed by atoms with Gasteiger partial charge in [0.2, 0.25) is 0 Å². The van der Waals surface area contributed by atoms with Crippen LogP contribution in [0.4, 0.5) is 0 Å². The zero-order valence-electron chi connectivity index (χ0n) is 26.7. The van der Waals surface area contributed by atoms with Crippen molar-refractivity contribution in [2.24, 2.45) is 0 Å². The maximum Gasteiger partial charge on any atom is 0.0349 e. The molecule has 0 amide bonds. The molecule has 0 saturated carbocycles. The van der Waals surface area contributed by atoms with Crippen molar-refractivity contribution in [1.82, 2.24) is 0 Å². The summed E-state index contributed by atoms with van der Waals surface area (Å²) in [6.45, 7) is 9.09. The molecule has 42 heavy (non-hydrogen) atoms. The molecule has 0 atom stereocenters. The predicted octanol–water partition coefficient (Wildman–Crippen LogP) is 13.5. The predicted molar refractivity (Wildman–Crippen MR) is 187 cm³/mol. The van der Waals surface area contributed by atoms with E-state index in [1.165, 1.54) is 133 Å². The fourth-order valence-electron chi connectivity index (χ4n) is 7.21. The molecule has 0 radical (unpaired) electrons. The zero-order chi connectivity index (χ0) is 29.4. The van der Waals surface area contributed by atoms with Gasteiger partial charge in [-0.1, -0.05) is 157 Å². The maximum absolute atomic E-state index is 2.60. The fraction of sp³-hybridized carbons (Fsp3) is 0.463. The maximum atomic E-state index is 2.60. The third-order valence-electron chi connectivity index (χ3n) is 9.66. The average molecular weight is 577 g/mol. The minimum Gasteiger partial charge on any atom is -0.135 e. The summed E-state index contributed by atoms with van der Waals surface area (Å²) >= 11 is 1.93. The van der Waals surface area contributed by atoms with Crippen molar-refractivity contribution in [2.75, 3.05) is 0 Å². The first-order valence-electron chi connectivity index (χ1n) is 17.0. The van der Waals surface area contributed by atoms with Crippen LogP contribution in [0, 0.1) is 13.8 Å². The standard InChI is InChI=1S/C41H52S/c1-5-7-9-11-13-15-27-41(28-16-14-12-10-8-6-2)37-29-32(4)19-23-35(37)36-24-22-34(30-38(36)41)40-26-25-39(42-40)33-20-17-31(3)18-21-33/h17-26,29-30H,5-16,27-28H2,1-4H3. The monoisotopic (exact) mass is 576 g/mol. The molecule has 1 aromatic heterocycles. The number of fused-ring (bicyclic) bond motifs is 3. The van der Waals surface area contributed by atoms with Crippen molar-refractivity contribution in [3.05, 3.63) is 95.1 Å². The molecule has 0 spiro atoms. The number of rotatable bonds is 16. The highest BCUT2D eigenvalue weighted by atomic mass is 32.1. The number of hydrogen-bond acceptors (Lipinski definition) is 1. The van der Waals surface area contributed by atoms with Crippen molar-refractivity contribution in [2.45, 2.75) is 123 Å². The molecule has 1 aliphatic carbocycles. The molecule has 3 aromatic carbocycles. The number of unbranched alkanes of at least 4 members (excludes halogenated alkanes) is 10. The Bertz CT molecular complexity index is 1400. The second-order valence-corrected chi connectivity index (χ2v) is 14.0. The van der Waals surface area contributed by atoms with E-state index in [0.29, 0.717) is 0 Å². The lowest BCUT2D eigenvalue weighted by atomic mass is 9.70. The number of thiophene rings is 1. The molecule has 0 fully saturated rings. The lowest BCUT2D eigenvalue weighted by Gasteiger charge is -2.33. The van der Waals surface area contributed by atoms with Crippen LogP contribution in [-0.4, -0.2) is 0 Å². The molecule has 0 nitrogen and oxygen atoms in total. The van der Waals surface area contributed by atoms with Crippen LogP contribution in [0.25, 0.3) is 32.0 Å². The quantitative estimate of drug-likeness (QED) is 0.116. The lowest BCUT2D eigenvalue weighted by Crippen LogP contribution is -2.25. The van der Waals surface area contributed by atoms with Gasteiger partial charge in [0.05, 0.1) is 0 Å². The van der Waals surface area contributed by atoms with Gasteiger partial charge in [-0.05, 0) is 78.3 Å². The molecule has 222 valence electrons. The van der Waals surface area contributed by atoms with Gasteiger partial charge in [0.1, 0.15) is 0 Å². The summed E-state index contributed by atoms with van der Waals surface area (Å²) in [5, 5.41) is 0. The fourth-order valence-corrected chi connectivity index (χ4v) is 8.21. The van der Waals surface area contributed by atoms with E-state index in [9.17, 15) is 0 Å². The van der Waals surface area contributed by atoms with Gasteiger partial charge >= 0.3 is 0 Å². The molecule has 0 bridgehead atoms. The zero-order valence-corrected chi connectivity index (χ0v) is 27.6. The highest BCUT2D eigenvalue weighted by molar-refractivity contribution is 7.18. The van der Waals surface area contributed by atoms with Crippen LogP contribution >= 0.6 is 11.3 Å². The van der Waals surface area contributed by atoms with Crippen molar-refractivity contribution < 1.29 is 0 Å². The Hall–Kier alpha value is -2.64. The molecule has 0 aliphatic heterocycles. The summed E-state index contributed by atoms with van der Waals surface area (Å²) in [6, 6.07) is 28.4. The smallest absolute Gasteiger partial charge is 0.0349 e. The van der Waals surface area contributed by atoms with Gasteiger partial charge in [0.25, 0.3) is 0 Å². The summed E-state index contributed by atoms with van der Waals surface area (Å²) < 4.78 is 0. The first-order chi connectivity index (χ1) is 20.6. The Balaban J connectivity index is 1.49. The molecule has 1 heterocycles. The minimum absolute atomic E-state index is 0.138. The summed E-state index contributed by atoms with van der Waals surface area (Å²) in [7, 11) is 0. The summed E-state index contributed by atoms with van der Waals surface area (Å²) in [5.74, 6) is 0. The van der Waals surface area contributed by atoms with Crippen LogP contribution in [0.1, 0.15) is 126 Å². The molecular weight excluding hydrogens is 525 g/mol. The first-order valence-corrected chi connectivity index (χ1v) is 17.8. The van der Waals surface area contributed by atoms with Crippen LogP contribution in [-0.2, 0) is 5.41 Å². The molecule has 1 aliphatic rings. The van der Waals surface area contributed by atoms with E-state index < -0.39 is 0 Å². The van der Waals surface area contributed by atoms with Crippen molar-refractivity contribution >= 4 is 11.3 Å². The van der Waals surface area contributed by atoms with E-state index in [1.807, 2.05) is 11.3 Å². The number of benzene rings is 3. The number of aryl methyl sites for hydroxylation is 2. The second-order valence-electron chi connectivity index (χ2n) is 13.0. The summed E-state index contributed by atoms with van der Waals surface area (Å²) in [6.07, 6.45) is 18.9. The second kappa shape index (κ2) is 14.7. The van der Waals surface area contributed by atoms with Gasteiger partial charge in [-0.3, -0.25) is 0 Å². The van der Waals surface area contributed by atoms with E-state index in [-0.39, 0.29) is 5.41 Å². The Labute approximate surface area is 260 Å². The van der Waals surface area contributed by atoms with Crippen molar-refractivity contribution in [1.29, 1.82) is 0 Å². The summed E-state index contributed by atoms with van der Waals surface area (Å²) in [5.41, 5.74) is 11.8. The van der Waals surface area contributed by atoms with Gasteiger partial charge in [-0.15, -0.1) is 11.3 Å². The molecule has 0 N–H and O–H groups in total. The SMILES string of the molecule is CCCCCCCCC1(CCCCCCCC)c2cc(C)ccc2-c2ccc(-c3ccc(-c4ccc(C)cc4)s3)cc21. The Morgan fingerprint density at radius 2 is 0.952 bits per heavy atom. The Kier molecular flexibility index (Phi) is 10.8. The number of hydrogen-bond donors (Lipinski definition) is 0. The van der Waals surface area contributed by atoms with Gasteiger partial charge in [0.15, 0.2) is 0 Å². The van der Waals surface area contributed by atoms with E-state index in [1.54, 1.807) is 11.1 Å². The van der Waals surface area contributed by atoms with Crippen LogP contribution in [0.3, 0.4) is 0 Å². The molecule has 1 heteroatoms. The van der Waals surface area contributed by atoms with Crippen LogP contribution < -0.4 is 0 Å². The van der Waals surface area contributed by atoms with Crippen LogP contribution in [0.5, 0.6) is 0 Å². The van der Waals surface area contributed by atoms with Crippen LogP contribution in [0.2, 0.25) is 0 Å². The van der Waals surface area contributed by atoms with E-state index >= 15 is 0 Å². The molecule has 0 unspecified atom stereocenters. The third-order valence-corrected chi connectivity index (χ3v) is 10.8. The minimum atomic E-state index is 0.138. The van der Waals surface area contributed by atoms with Crippen molar-refractivity contribution in [3.8, 4) is 32.0 Å². The lowest BCUT2D eigenvalue weighted by molar-refractivity contribution is 0.398.